The third kappa shape index (κ3) is 4.94. The zero-order valence-corrected chi connectivity index (χ0v) is 26.0. The number of fused-ring (bicyclic) bond motifs is 5. The van der Waals surface area contributed by atoms with Crippen LogP contribution >= 0.6 is 11.3 Å². The molecule has 0 aliphatic rings. The number of pyridine rings is 1. The smallest absolute Gasteiger partial charge is 0.164 e. The maximum Gasteiger partial charge on any atom is 0.164 e. The zero-order chi connectivity index (χ0) is 31.2. The Kier molecular flexibility index (Phi) is 6.61. The predicted molar refractivity (Wildman–Crippen MR) is 195 cm³/mol. The first kappa shape index (κ1) is 27.3. The number of aromatic nitrogens is 4. The van der Waals surface area contributed by atoms with Gasteiger partial charge in [-0.3, -0.25) is 0 Å². The maximum atomic E-state index is 5.21. The molecule has 220 valence electrons. The van der Waals surface area contributed by atoms with Gasteiger partial charge in [0.25, 0.3) is 0 Å². The molecule has 0 unspecified atom stereocenters. The Morgan fingerprint density at radius 1 is 0.362 bits per heavy atom. The van der Waals surface area contributed by atoms with E-state index >= 15 is 0 Å². The number of hydrogen-bond acceptors (Lipinski definition) is 5. The Morgan fingerprint density at radius 2 is 0.872 bits per heavy atom. The van der Waals surface area contributed by atoms with Crippen molar-refractivity contribution in [2.75, 3.05) is 0 Å². The lowest BCUT2D eigenvalue weighted by Gasteiger charge is -2.10. The van der Waals surface area contributed by atoms with E-state index in [1.807, 2.05) is 72.0 Å². The highest BCUT2D eigenvalue weighted by Gasteiger charge is 2.17. The van der Waals surface area contributed by atoms with Crippen LogP contribution in [-0.2, 0) is 0 Å². The lowest BCUT2D eigenvalue weighted by molar-refractivity contribution is 1.07. The molecule has 0 fully saturated rings. The van der Waals surface area contributed by atoms with Crippen LogP contribution in [0.5, 0.6) is 0 Å². The SMILES string of the molecule is c1ccc(-c2nc(-c3ccccc3)nc(-c3ccc(-c4cccc(-c5nc6ccccc6c6c5sc5ccccc56)c4)cc3)n2)cc1. The van der Waals surface area contributed by atoms with Crippen molar-refractivity contribution in [3.63, 3.8) is 0 Å². The summed E-state index contributed by atoms with van der Waals surface area (Å²) in [6.45, 7) is 0. The first-order valence-electron chi connectivity index (χ1n) is 15.6. The average Bonchev–Trinajstić information content (AvgIpc) is 3.55. The summed E-state index contributed by atoms with van der Waals surface area (Å²) in [5.41, 5.74) is 8.22. The summed E-state index contributed by atoms with van der Waals surface area (Å²) in [6.07, 6.45) is 0. The quantitative estimate of drug-likeness (QED) is 0.193. The largest absolute Gasteiger partial charge is 0.246 e. The Morgan fingerprint density at radius 3 is 1.55 bits per heavy atom. The molecular formula is C42H26N4S. The summed E-state index contributed by atoms with van der Waals surface area (Å²) < 4.78 is 2.49. The molecule has 0 bridgehead atoms. The van der Waals surface area contributed by atoms with Gasteiger partial charge in [-0.2, -0.15) is 0 Å². The second-order valence-electron chi connectivity index (χ2n) is 11.5. The normalized spacial score (nSPS) is 11.4. The summed E-state index contributed by atoms with van der Waals surface area (Å²) in [5.74, 6) is 1.95. The van der Waals surface area contributed by atoms with Crippen molar-refractivity contribution in [1.82, 2.24) is 19.9 Å². The molecule has 0 atom stereocenters. The fourth-order valence-corrected chi connectivity index (χ4v) is 7.45. The predicted octanol–water partition coefficient (Wildman–Crippen LogP) is 11.1. The van der Waals surface area contributed by atoms with E-state index in [2.05, 4.69) is 97.1 Å². The van der Waals surface area contributed by atoms with Crippen LogP contribution in [0.15, 0.2) is 158 Å². The minimum Gasteiger partial charge on any atom is -0.246 e. The maximum absolute atomic E-state index is 5.21. The fraction of sp³-hybridized carbons (Fsp3) is 0. The Hall–Kier alpha value is -6.04. The molecule has 0 saturated heterocycles. The van der Waals surface area contributed by atoms with Gasteiger partial charge in [0.05, 0.1) is 15.9 Å². The number of thiophene rings is 1. The molecule has 9 rings (SSSR count). The van der Waals surface area contributed by atoms with Crippen LogP contribution in [0.25, 0.3) is 87.6 Å². The highest BCUT2D eigenvalue weighted by Crippen LogP contribution is 2.43. The number of rotatable bonds is 5. The fourth-order valence-electron chi connectivity index (χ4n) is 6.22. The van der Waals surface area contributed by atoms with Gasteiger partial charge in [0, 0.05) is 43.1 Å². The van der Waals surface area contributed by atoms with E-state index in [1.165, 1.54) is 25.6 Å². The van der Waals surface area contributed by atoms with Gasteiger partial charge in [-0.1, -0.05) is 140 Å². The lowest BCUT2D eigenvalue weighted by atomic mass is 9.98. The van der Waals surface area contributed by atoms with Gasteiger partial charge in [0.15, 0.2) is 17.5 Å². The molecule has 0 spiro atoms. The standard InChI is InChI=1S/C42H26N4S/c1-3-12-28(13-4-1)40-44-41(29-14-5-2-6-15-29)46-42(45-40)30-24-22-27(23-25-30)31-16-11-17-32(26-31)38-39-37(33-18-7-9-20-35(33)43-38)34-19-8-10-21-36(34)47-39/h1-26H. The minimum atomic E-state index is 0.644. The first-order chi connectivity index (χ1) is 23.3. The van der Waals surface area contributed by atoms with Gasteiger partial charge in [-0.15, -0.1) is 11.3 Å². The Bertz CT molecular complexity index is 2500. The molecule has 6 aromatic carbocycles. The van der Waals surface area contributed by atoms with E-state index in [-0.39, 0.29) is 0 Å². The first-order valence-corrected chi connectivity index (χ1v) is 16.4. The van der Waals surface area contributed by atoms with Gasteiger partial charge in [0.1, 0.15) is 0 Å². The minimum absolute atomic E-state index is 0.644. The molecule has 0 radical (unpaired) electrons. The van der Waals surface area contributed by atoms with E-state index in [0.717, 1.165) is 44.6 Å². The molecule has 0 saturated carbocycles. The van der Waals surface area contributed by atoms with Crippen molar-refractivity contribution < 1.29 is 0 Å². The number of nitrogens with zero attached hydrogens (tertiary/aromatic N) is 4. The molecule has 3 heterocycles. The number of benzene rings is 6. The molecule has 47 heavy (non-hydrogen) atoms. The monoisotopic (exact) mass is 618 g/mol. The van der Waals surface area contributed by atoms with Crippen molar-refractivity contribution >= 4 is 42.4 Å². The van der Waals surface area contributed by atoms with Gasteiger partial charge < -0.3 is 0 Å². The highest BCUT2D eigenvalue weighted by atomic mass is 32.1. The topological polar surface area (TPSA) is 51.6 Å². The van der Waals surface area contributed by atoms with Gasteiger partial charge in [0.2, 0.25) is 0 Å². The Labute approximate surface area is 275 Å². The summed E-state index contributed by atoms with van der Waals surface area (Å²) in [5, 5.41) is 3.76. The molecule has 0 aliphatic carbocycles. The second-order valence-corrected chi connectivity index (χ2v) is 12.5. The van der Waals surface area contributed by atoms with Crippen molar-refractivity contribution in [2.45, 2.75) is 0 Å². The van der Waals surface area contributed by atoms with Crippen molar-refractivity contribution in [3.8, 4) is 56.5 Å². The van der Waals surface area contributed by atoms with Crippen LogP contribution in [0.4, 0.5) is 0 Å². The molecular weight excluding hydrogens is 593 g/mol. The van der Waals surface area contributed by atoms with Crippen LogP contribution in [-0.4, -0.2) is 19.9 Å². The van der Waals surface area contributed by atoms with Crippen LogP contribution in [0.3, 0.4) is 0 Å². The van der Waals surface area contributed by atoms with E-state index in [4.69, 9.17) is 19.9 Å². The van der Waals surface area contributed by atoms with E-state index in [0.29, 0.717) is 17.5 Å². The zero-order valence-electron chi connectivity index (χ0n) is 25.2. The van der Waals surface area contributed by atoms with E-state index in [9.17, 15) is 0 Å². The highest BCUT2D eigenvalue weighted by molar-refractivity contribution is 7.26. The van der Waals surface area contributed by atoms with E-state index < -0.39 is 0 Å². The molecule has 0 aliphatic heterocycles. The van der Waals surface area contributed by atoms with Crippen molar-refractivity contribution in [1.29, 1.82) is 0 Å². The summed E-state index contributed by atoms with van der Waals surface area (Å²) in [4.78, 5) is 19.8. The summed E-state index contributed by atoms with van der Waals surface area (Å²) >= 11 is 1.82. The molecule has 5 heteroatoms. The summed E-state index contributed by atoms with van der Waals surface area (Å²) in [7, 11) is 0. The molecule has 9 aromatic rings. The number of para-hydroxylation sites is 1. The third-order valence-electron chi connectivity index (χ3n) is 8.53. The second kappa shape index (κ2) is 11.4. The van der Waals surface area contributed by atoms with Gasteiger partial charge >= 0.3 is 0 Å². The average molecular weight is 619 g/mol. The van der Waals surface area contributed by atoms with Crippen LogP contribution in [0, 0.1) is 0 Å². The van der Waals surface area contributed by atoms with Crippen LogP contribution in [0.2, 0.25) is 0 Å². The molecule has 0 N–H and O–H groups in total. The lowest BCUT2D eigenvalue weighted by Crippen LogP contribution is -2.00. The van der Waals surface area contributed by atoms with Crippen molar-refractivity contribution in [2.24, 2.45) is 0 Å². The Balaban J connectivity index is 1.12. The van der Waals surface area contributed by atoms with Gasteiger partial charge in [-0.05, 0) is 29.3 Å². The van der Waals surface area contributed by atoms with Crippen molar-refractivity contribution in [3.05, 3.63) is 158 Å². The third-order valence-corrected chi connectivity index (χ3v) is 9.71. The number of hydrogen-bond donors (Lipinski definition) is 0. The van der Waals surface area contributed by atoms with E-state index in [1.54, 1.807) is 0 Å². The molecule has 0 amide bonds. The van der Waals surface area contributed by atoms with Crippen LogP contribution < -0.4 is 0 Å². The van der Waals surface area contributed by atoms with Gasteiger partial charge in [-0.25, -0.2) is 19.9 Å². The van der Waals surface area contributed by atoms with Crippen LogP contribution in [0.1, 0.15) is 0 Å². The molecule has 4 nitrogen and oxygen atoms in total. The molecule has 3 aromatic heterocycles. The summed E-state index contributed by atoms with van der Waals surface area (Å²) in [6, 6.07) is 54.4.